The number of benzene rings is 1. The van der Waals surface area contributed by atoms with Gasteiger partial charge in [0, 0.05) is 17.4 Å². The number of anilines is 2. The summed E-state index contributed by atoms with van der Waals surface area (Å²) < 4.78 is 17.9. The number of alkyl halides is 1. The maximum atomic E-state index is 12.6. The number of carbonyl (C=O) groups excluding carboxylic acids is 1. The van der Waals surface area contributed by atoms with Gasteiger partial charge >= 0.3 is 6.09 Å². The normalized spacial score (nSPS) is 12.4. The molecule has 0 saturated carbocycles. The lowest BCUT2D eigenvalue weighted by Crippen LogP contribution is -2.34. The highest BCUT2D eigenvalue weighted by Gasteiger charge is 2.18. The molecule has 2 rings (SSSR count). The molecule has 1 amide bonds. The SMILES string of the molecule is C[C@@H](NC(=O)OC(C)(C)C)c1ccc(Nc2ncc(CF)c(Cl)n2)cc1. The van der Waals surface area contributed by atoms with E-state index in [0.29, 0.717) is 0 Å². The predicted molar refractivity (Wildman–Crippen MR) is 99.4 cm³/mol. The lowest BCUT2D eigenvalue weighted by Gasteiger charge is -2.22. The third kappa shape index (κ3) is 5.84. The monoisotopic (exact) mass is 380 g/mol. The Morgan fingerprint density at radius 3 is 2.50 bits per heavy atom. The molecule has 8 heteroatoms. The molecule has 140 valence electrons. The Balaban J connectivity index is 1.99. The molecule has 0 bridgehead atoms. The quantitative estimate of drug-likeness (QED) is 0.719. The Morgan fingerprint density at radius 2 is 1.96 bits per heavy atom. The number of hydrogen-bond donors (Lipinski definition) is 2. The van der Waals surface area contributed by atoms with Gasteiger partial charge in [-0.05, 0) is 45.4 Å². The second-order valence-electron chi connectivity index (χ2n) is 6.76. The van der Waals surface area contributed by atoms with Crippen LogP contribution in [-0.2, 0) is 11.4 Å². The second-order valence-corrected chi connectivity index (χ2v) is 7.12. The molecule has 0 unspecified atom stereocenters. The van der Waals surface area contributed by atoms with Crippen LogP contribution in [-0.4, -0.2) is 21.7 Å². The van der Waals surface area contributed by atoms with Crippen LogP contribution in [0.4, 0.5) is 20.8 Å². The number of alkyl carbamates (subject to hydrolysis) is 1. The molecule has 26 heavy (non-hydrogen) atoms. The average molecular weight is 381 g/mol. The van der Waals surface area contributed by atoms with E-state index in [9.17, 15) is 9.18 Å². The van der Waals surface area contributed by atoms with Crippen molar-refractivity contribution in [3.8, 4) is 0 Å². The molecule has 0 saturated heterocycles. The summed E-state index contributed by atoms with van der Waals surface area (Å²) in [5.41, 5.74) is 1.35. The first-order valence-corrected chi connectivity index (χ1v) is 8.49. The Kier molecular flexibility index (Phi) is 6.37. The zero-order valence-corrected chi connectivity index (χ0v) is 15.9. The molecule has 1 aromatic carbocycles. The summed E-state index contributed by atoms with van der Waals surface area (Å²) >= 11 is 5.87. The van der Waals surface area contributed by atoms with Gasteiger partial charge in [0.25, 0.3) is 0 Å². The van der Waals surface area contributed by atoms with Gasteiger partial charge in [0.15, 0.2) is 0 Å². The average Bonchev–Trinajstić information content (AvgIpc) is 2.53. The molecule has 1 aromatic heterocycles. The number of amides is 1. The first-order valence-electron chi connectivity index (χ1n) is 8.12. The summed E-state index contributed by atoms with van der Waals surface area (Å²) in [6.45, 7) is 6.59. The van der Waals surface area contributed by atoms with Crippen LogP contribution in [0.5, 0.6) is 0 Å². The van der Waals surface area contributed by atoms with Crippen LogP contribution in [0.15, 0.2) is 30.5 Å². The largest absolute Gasteiger partial charge is 0.444 e. The fourth-order valence-electron chi connectivity index (χ4n) is 2.09. The highest BCUT2D eigenvalue weighted by molar-refractivity contribution is 6.30. The van der Waals surface area contributed by atoms with Gasteiger partial charge in [-0.2, -0.15) is 0 Å². The third-order valence-electron chi connectivity index (χ3n) is 3.36. The van der Waals surface area contributed by atoms with E-state index in [4.69, 9.17) is 16.3 Å². The van der Waals surface area contributed by atoms with Crippen LogP contribution >= 0.6 is 11.6 Å². The minimum atomic E-state index is -0.712. The molecule has 0 aliphatic rings. The van der Waals surface area contributed by atoms with Crippen molar-refractivity contribution in [2.75, 3.05) is 5.32 Å². The van der Waals surface area contributed by atoms with Crippen molar-refractivity contribution < 1.29 is 13.9 Å². The number of carbonyl (C=O) groups is 1. The topological polar surface area (TPSA) is 76.1 Å². The number of halogens is 2. The van der Waals surface area contributed by atoms with Gasteiger partial charge in [-0.1, -0.05) is 23.7 Å². The van der Waals surface area contributed by atoms with Crippen molar-refractivity contribution in [2.24, 2.45) is 0 Å². The van der Waals surface area contributed by atoms with Gasteiger partial charge in [-0.3, -0.25) is 0 Å². The molecule has 6 nitrogen and oxygen atoms in total. The zero-order chi connectivity index (χ0) is 19.3. The van der Waals surface area contributed by atoms with Gasteiger partial charge in [0.05, 0.1) is 6.04 Å². The van der Waals surface area contributed by atoms with Crippen LogP contribution in [0, 0.1) is 0 Å². The van der Waals surface area contributed by atoms with Crippen molar-refractivity contribution >= 4 is 29.3 Å². The van der Waals surface area contributed by atoms with Crippen LogP contribution in [0.3, 0.4) is 0 Å². The molecule has 0 radical (unpaired) electrons. The van der Waals surface area contributed by atoms with Crippen LogP contribution in [0.2, 0.25) is 5.15 Å². The smallest absolute Gasteiger partial charge is 0.408 e. The molecule has 2 N–H and O–H groups in total. The first kappa shape index (κ1) is 19.9. The first-order chi connectivity index (χ1) is 12.2. The zero-order valence-electron chi connectivity index (χ0n) is 15.1. The minimum absolute atomic E-state index is 0.0804. The molecule has 0 aliphatic heterocycles. The molecule has 0 fully saturated rings. The molecular weight excluding hydrogens is 359 g/mol. The molecule has 1 atom stereocenters. The van der Waals surface area contributed by atoms with E-state index < -0.39 is 18.4 Å². The summed E-state index contributed by atoms with van der Waals surface area (Å²) in [7, 11) is 0. The van der Waals surface area contributed by atoms with Gasteiger partial charge < -0.3 is 15.4 Å². The number of nitrogens with zero attached hydrogens (tertiary/aromatic N) is 2. The predicted octanol–water partition coefficient (Wildman–Crippen LogP) is 4.93. The lowest BCUT2D eigenvalue weighted by atomic mass is 10.1. The van der Waals surface area contributed by atoms with E-state index in [0.717, 1.165) is 11.3 Å². The number of aromatic nitrogens is 2. The van der Waals surface area contributed by atoms with Crippen molar-refractivity contribution in [2.45, 2.75) is 46.0 Å². The van der Waals surface area contributed by atoms with Gasteiger partial charge in [0.2, 0.25) is 5.95 Å². The number of nitrogens with one attached hydrogen (secondary N) is 2. The van der Waals surface area contributed by atoms with Crippen molar-refractivity contribution in [3.63, 3.8) is 0 Å². The molecule has 2 aromatic rings. The Bertz CT molecular complexity index is 763. The van der Waals surface area contributed by atoms with E-state index in [2.05, 4.69) is 20.6 Å². The highest BCUT2D eigenvalue weighted by Crippen LogP contribution is 2.21. The van der Waals surface area contributed by atoms with E-state index in [-0.39, 0.29) is 22.7 Å². The third-order valence-corrected chi connectivity index (χ3v) is 3.68. The fraction of sp³-hybridized carbons (Fsp3) is 0.389. The van der Waals surface area contributed by atoms with Crippen molar-refractivity contribution in [1.82, 2.24) is 15.3 Å². The maximum Gasteiger partial charge on any atom is 0.408 e. The van der Waals surface area contributed by atoms with E-state index in [1.165, 1.54) is 6.20 Å². The summed E-state index contributed by atoms with van der Waals surface area (Å²) in [4.78, 5) is 19.8. The van der Waals surface area contributed by atoms with Gasteiger partial charge in [0.1, 0.15) is 17.4 Å². The van der Waals surface area contributed by atoms with E-state index in [1.54, 1.807) is 0 Å². The summed E-state index contributed by atoms with van der Waals surface area (Å²) in [6, 6.07) is 7.16. The Morgan fingerprint density at radius 1 is 1.31 bits per heavy atom. The standard InChI is InChI=1S/C18H22ClFN4O2/c1-11(22-17(25)26-18(2,3)4)12-5-7-14(8-6-12)23-16-21-10-13(9-20)15(19)24-16/h5-8,10-11H,9H2,1-4H3,(H,22,25)(H,21,23,24)/t11-/m1/s1. The van der Waals surface area contributed by atoms with Crippen LogP contribution in [0.25, 0.3) is 0 Å². The second kappa shape index (κ2) is 8.31. The lowest BCUT2D eigenvalue weighted by molar-refractivity contribution is 0.0508. The number of hydrogen-bond acceptors (Lipinski definition) is 5. The number of rotatable bonds is 5. The Hall–Kier alpha value is -2.41. The molecule has 0 spiro atoms. The van der Waals surface area contributed by atoms with Crippen molar-refractivity contribution in [1.29, 1.82) is 0 Å². The number of ether oxygens (including phenoxy) is 1. The minimum Gasteiger partial charge on any atom is -0.444 e. The van der Waals surface area contributed by atoms with Gasteiger partial charge in [-0.15, -0.1) is 0 Å². The fourth-order valence-corrected chi connectivity index (χ4v) is 2.27. The highest BCUT2D eigenvalue weighted by atomic mass is 35.5. The molecule has 1 heterocycles. The van der Waals surface area contributed by atoms with Crippen LogP contribution in [0.1, 0.15) is 44.9 Å². The van der Waals surface area contributed by atoms with E-state index in [1.807, 2.05) is 52.0 Å². The summed E-state index contributed by atoms with van der Waals surface area (Å²) in [5, 5.41) is 5.86. The van der Waals surface area contributed by atoms with Gasteiger partial charge in [-0.25, -0.2) is 19.2 Å². The van der Waals surface area contributed by atoms with E-state index >= 15 is 0 Å². The summed E-state index contributed by atoms with van der Waals surface area (Å²) in [5.74, 6) is 0.278. The van der Waals surface area contributed by atoms with Crippen LogP contribution < -0.4 is 10.6 Å². The Labute approximate surface area is 157 Å². The maximum absolute atomic E-state index is 12.6. The molecule has 0 aliphatic carbocycles. The van der Waals surface area contributed by atoms with Crippen molar-refractivity contribution in [3.05, 3.63) is 46.7 Å². The molecular formula is C18H22ClFN4O2. The summed E-state index contributed by atoms with van der Waals surface area (Å²) in [6.07, 6.45) is 0.877.